The van der Waals surface area contributed by atoms with Crippen molar-refractivity contribution in [3.05, 3.63) is 0 Å². The third kappa shape index (κ3) is 375. The van der Waals surface area contributed by atoms with E-state index in [0.717, 1.165) is 0 Å². The number of hydrogen-bond acceptors (Lipinski definition) is 1. The average Bonchev–Trinajstić information content (AvgIpc) is 0.722. The van der Waals surface area contributed by atoms with Crippen molar-refractivity contribution in [2.45, 2.75) is 0 Å². The second-order valence-corrected chi connectivity index (χ2v) is 1.54. The van der Waals surface area contributed by atoms with Crippen LogP contribution in [0.2, 0.25) is 0 Å². The van der Waals surface area contributed by atoms with Crippen LogP contribution in [0.1, 0.15) is 0 Å². The molecule has 0 fully saturated rings. The summed E-state index contributed by atoms with van der Waals surface area (Å²) in [5, 5.41) is 0. The third-order valence-electron chi connectivity index (χ3n) is 0. The van der Waals surface area contributed by atoms with E-state index in [1.807, 2.05) is 0 Å². The van der Waals surface area contributed by atoms with Crippen LogP contribution in [0.4, 0.5) is 0 Å². The molecule has 5 nitrogen and oxygen atoms in total. The second-order valence-electron chi connectivity index (χ2n) is 0.513. The molecule has 0 saturated carbocycles. The van der Waals surface area contributed by atoms with Crippen molar-refractivity contribution in [2.24, 2.45) is 0 Å². The van der Waals surface area contributed by atoms with Gasteiger partial charge in [0.15, 0.2) is 0 Å². The van der Waals surface area contributed by atoms with Crippen LogP contribution in [0.25, 0.3) is 0 Å². The molecule has 0 spiro atoms. The van der Waals surface area contributed by atoms with Crippen LogP contribution in [0, 0.1) is 0 Å². The molecule has 0 heterocycles. The van der Waals surface area contributed by atoms with E-state index in [9.17, 15) is 0 Å². The molecule has 0 aromatic rings. The quantitative estimate of drug-likeness (QED) is 0.277. The van der Waals surface area contributed by atoms with E-state index in [2.05, 4.69) is 0 Å². The molecule has 0 bridgehead atoms. The van der Waals surface area contributed by atoms with Gasteiger partial charge in [-0.15, -0.1) is 0 Å². The molecule has 7 heteroatoms. The molecule has 0 saturated heterocycles. The number of hydrogen-bond donors (Lipinski definition) is 3. The first-order valence-electron chi connectivity index (χ1n) is 0.783. The Hall–Kier alpha value is 0.613. The van der Waals surface area contributed by atoms with E-state index in [4.69, 9.17) is 19.2 Å². The number of phosphoric acid groups is 1. The molecule has 0 aromatic carbocycles. The Morgan fingerprint density at radius 2 is 1.14 bits per heavy atom. The first-order valence-corrected chi connectivity index (χ1v) is 2.35. The fourth-order valence-electron chi connectivity index (χ4n) is 0. The summed E-state index contributed by atoms with van der Waals surface area (Å²) in [6.07, 6.45) is 0. The molecule has 0 rings (SSSR count). The molecule has 0 aliphatic carbocycles. The topological polar surface area (TPSA) is 109 Å². The van der Waals surface area contributed by atoms with Crippen molar-refractivity contribution in [1.29, 1.82) is 0 Å². The Morgan fingerprint density at radius 1 is 1.14 bits per heavy atom. The van der Waals surface area contributed by atoms with Gasteiger partial charge >= 0.3 is 25.4 Å². The van der Waals surface area contributed by atoms with Gasteiger partial charge in [-0.2, -0.15) is 0 Å². The maximum absolute atomic E-state index is 8.88. The van der Waals surface area contributed by atoms with Crippen molar-refractivity contribution in [3.8, 4) is 0 Å². The molecule has 0 aliphatic rings. The molecule has 0 aromatic heterocycles. The van der Waals surface area contributed by atoms with Crippen LogP contribution in [0.15, 0.2) is 0 Å². The molecule has 7 heavy (non-hydrogen) atoms. The van der Waals surface area contributed by atoms with E-state index in [0.29, 0.717) is 0 Å². The Morgan fingerprint density at radius 3 is 1.14 bits per heavy atom. The van der Waals surface area contributed by atoms with Crippen molar-refractivity contribution in [2.75, 3.05) is 0 Å². The van der Waals surface area contributed by atoms with E-state index in [1.54, 1.807) is 0 Å². The standard InChI is InChI=1S/GeH4.H3O4P.H2O/c;1-5(2,3)4;/h1H4;(H3,1,2,3,4);1H2. The predicted molar refractivity (Wildman–Crippen MR) is 29.2 cm³/mol. The average molecular weight is 193 g/mol. The van der Waals surface area contributed by atoms with Crippen LogP contribution in [0.3, 0.4) is 0 Å². The second kappa shape index (κ2) is 4.76. The van der Waals surface area contributed by atoms with E-state index in [1.165, 1.54) is 0 Å². The van der Waals surface area contributed by atoms with Gasteiger partial charge in [-0.3, -0.25) is 0 Å². The van der Waals surface area contributed by atoms with Gasteiger partial charge in [0.2, 0.25) is 0 Å². The summed E-state index contributed by atoms with van der Waals surface area (Å²) in [6.45, 7) is 0. The predicted octanol–water partition coefficient (Wildman–Crippen LogP) is -3.20. The maximum atomic E-state index is 8.88. The van der Waals surface area contributed by atoms with E-state index < -0.39 is 7.82 Å². The van der Waals surface area contributed by atoms with Crippen LogP contribution in [0.5, 0.6) is 0 Å². The summed E-state index contributed by atoms with van der Waals surface area (Å²) in [6, 6.07) is 0. The van der Waals surface area contributed by atoms with Crippen LogP contribution < -0.4 is 0 Å². The molecule has 0 aliphatic heterocycles. The van der Waals surface area contributed by atoms with Gasteiger partial charge in [-0.25, -0.2) is 4.57 Å². The van der Waals surface area contributed by atoms with Crippen molar-refractivity contribution in [3.63, 3.8) is 0 Å². The van der Waals surface area contributed by atoms with Crippen molar-refractivity contribution < 1.29 is 24.7 Å². The van der Waals surface area contributed by atoms with Gasteiger partial charge in [0.25, 0.3) is 0 Å². The molecule has 0 radical (unpaired) electrons. The fraction of sp³-hybridized carbons (Fsp3) is 0. The van der Waals surface area contributed by atoms with Crippen LogP contribution in [-0.2, 0) is 4.57 Å². The summed E-state index contributed by atoms with van der Waals surface area (Å²) in [4.78, 5) is 21.6. The molecule has 0 unspecified atom stereocenters. The van der Waals surface area contributed by atoms with Crippen LogP contribution in [-0.4, -0.2) is 37.8 Å². The molecule has 5 N–H and O–H groups in total. The Labute approximate surface area is 50.9 Å². The number of rotatable bonds is 0. The third-order valence-corrected chi connectivity index (χ3v) is 0. The zero-order valence-corrected chi connectivity index (χ0v) is 3.59. The van der Waals surface area contributed by atoms with Gasteiger partial charge in [0, 0.05) is 0 Å². The molecular formula is H9GeO5P. The molecular weight excluding hydrogens is 184 g/mol. The van der Waals surface area contributed by atoms with Gasteiger partial charge in [0.05, 0.1) is 0 Å². The van der Waals surface area contributed by atoms with Gasteiger partial charge in [-0.05, 0) is 0 Å². The minimum atomic E-state index is -4.64. The van der Waals surface area contributed by atoms with Crippen molar-refractivity contribution in [1.82, 2.24) is 0 Å². The van der Waals surface area contributed by atoms with Gasteiger partial charge < -0.3 is 20.2 Å². The van der Waals surface area contributed by atoms with Gasteiger partial charge in [-0.1, -0.05) is 0 Å². The molecule has 48 valence electrons. The summed E-state index contributed by atoms with van der Waals surface area (Å²) < 4.78 is 8.88. The summed E-state index contributed by atoms with van der Waals surface area (Å²) in [7, 11) is -4.64. The Bertz CT molecular complexity index is 54.2. The monoisotopic (exact) mass is 194 g/mol. The fourth-order valence-corrected chi connectivity index (χ4v) is 0. The zero-order chi connectivity index (χ0) is 4.50. The summed E-state index contributed by atoms with van der Waals surface area (Å²) in [5.74, 6) is 0. The normalized spacial score (nSPS) is 8.43. The molecule has 0 atom stereocenters. The van der Waals surface area contributed by atoms with Crippen molar-refractivity contribution >= 4 is 25.4 Å². The molecule has 0 amide bonds. The summed E-state index contributed by atoms with van der Waals surface area (Å²) >= 11 is 0. The Balaban J connectivity index is -0.0000000800. The minimum absolute atomic E-state index is 0. The van der Waals surface area contributed by atoms with E-state index in [-0.39, 0.29) is 23.1 Å². The Kier molecular flexibility index (Phi) is 10.6. The zero-order valence-electron chi connectivity index (χ0n) is 2.70. The summed E-state index contributed by atoms with van der Waals surface area (Å²) in [5.41, 5.74) is 0. The first-order chi connectivity index (χ1) is 2.00. The van der Waals surface area contributed by atoms with E-state index >= 15 is 0 Å². The first kappa shape index (κ1) is 15.6. The SMILES string of the molecule is O.O=P(O)(O)O.[GeH4]. The van der Waals surface area contributed by atoms with Gasteiger partial charge in [0.1, 0.15) is 0 Å². The van der Waals surface area contributed by atoms with Crippen LogP contribution >= 0.6 is 7.82 Å².